The molecule has 2 atom stereocenters. The molecule has 3 nitrogen and oxygen atoms in total. The SMILES string of the molecule is CCC1CCCC(NC(=O)c2cc(N)c(C)s2)C1. The number of nitrogens with two attached hydrogens (primary N) is 1. The number of thiophene rings is 1. The van der Waals surface area contributed by atoms with Gasteiger partial charge in [-0.05, 0) is 31.7 Å². The molecule has 18 heavy (non-hydrogen) atoms. The number of nitrogen functional groups attached to an aromatic ring is 1. The Morgan fingerprint density at radius 1 is 1.56 bits per heavy atom. The number of nitrogens with one attached hydrogen (secondary N) is 1. The molecule has 0 saturated heterocycles. The zero-order valence-corrected chi connectivity index (χ0v) is 12.0. The molecule has 1 aromatic rings. The van der Waals surface area contributed by atoms with Gasteiger partial charge in [0.15, 0.2) is 0 Å². The van der Waals surface area contributed by atoms with Gasteiger partial charge in [-0.3, -0.25) is 4.79 Å². The first kappa shape index (κ1) is 13.4. The van der Waals surface area contributed by atoms with Crippen LogP contribution in [-0.4, -0.2) is 11.9 Å². The molecule has 0 aliphatic heterocycles. The summed E-state index contributed by atoms with van der Waals surface area (Å²) in [5, 5.41) is 3.16. The highest BCUT2D eigenvalue weighted by Crippen LogP contribution is 2.28. The molecule has 1 aliphatic carbocycles. The van der Waals surface area contributed by atoms with Crippen LogP contribution in [0.1, 0.15) is 53.6 Å². The van der Waals surface area contributed by atoms with Gasteiger partial charge in [-0.25, -0.2) is 0 Å². The second-order valence-electron chi connectivity index (χ2n) is 5.23. The van der Waals surface area contributed by atoms with Crippen molar-refractivity contribution in [1.29, 1.82) is 0 Å². The zero-order valence-electron chi connectivity index (χ0n) is 11.2. The van der Waals surface area contributed by atoms with Gasteiger partial charge in [0, 0.05) is 16.6 Å². The lowest BCUT2D eigenvalue weighted by Gasteiger charge is -2.28. The summed E-state index contributed by atoms with van der Waals surface area (Å²) in [7, 11) is 0. The van der Waals surface area contributed by atoms with E-state index in [1.165, 1.54) is 30.6 Å². The Kier molecular flexibility index (Phi) is 4.27. The van der Waals surface area contributed by atoms with Crippen molar-refractivity contribution >= 4 is 22.9 Å². The van der Waals surface area contributed by atoms with Crippen LogP contribution in [0.3, 0.4) is 0 Å². The van der Waals surface area contributed by atoms with E-state index in [0.29, 0.717) is 6.04 Å². The summed E-state index contributed by atoms with van der Waals surface area (Å²) < 4.78 is 0. The van der Waals surface area contributed by atoms with Crippen molar-refractivity contribution < 1.29 is 4.79 Å². The zero-order chi connectivity index (χ0) is 13.1. The number of hydrogen-bond acceptors (Lipinski definition) is 3. The topological polar surface area (TPSA) is 55.1 Å². The first-order valence-corrected chi connectivity index (χ1v) is 7.58. The van der Waals surface area contributed by atoms with E-state index in [-0.39, 0.29) is 5.91 Å². The van der Waals surface area contributed by atoms with Crippen molar-refractivity contribution in [3.63, 3.8) is 0 Å². The Morgan fingerprint density at radius 2 is 2.33 bits per heavy atom. The minimum atomic E-state index is 0.0431. The van der Waals surface area contributed by atoms with Crippen molar-refractivity contribution in [2.24, 2.45) is 5.92 Å². The van der Waals surface area contributed by atoms with E-state index in [9.17, 15) is 4.79 Å². The van der Waals surface area contributed by atoms with Gasteiger partial charge in [0.25, 0.3) is 5.91 Å². The van der Waals surface area contributed by atoms with E-state index in [2.05, 4.69) is 12.2 Å². The van der Waals surface area contributed by atoms with E-state index in [1.54, 1.807) is 6.07 Å². The molecule has 3 N–H and O–H groups in total. The Morgan fingerprint density at radius 3 is 2.94 bits per heavy atom. The van der Waals surface area contributed by atoms with Crippen molar-refractivity contribution in [1.82, 2.24) is 5.32 Å². The summed E-state index contributed by atoms with van der Waals surface area (Å²) in [6.45, 7) is 4.18. The molecular weight excluding hydrogens is 244 g/mol. The van der Waals surface area contributed by atoms with E-state index in [4.69, 9.17) is 5.73 Å². The van der Waals surface area contributed by atoms with Gasteiger partial charge in [-0.15, -0.1) is 11.3 Å². The Labute approximate surface area is 113 Å². The van der Waals surface area contributed by atoms with Gasteiger partial charge in [0.05, 0.1) is 4.88 Å². The summed E-state index contributed by atoms with van der Waals surface area (Å²) in [6.07, 6.45) is 6.00. The molecule has 4 heteroatoms. The summed E-state index contributed by atoms with van der Waals surface area (Å²) >= 11 is 1.48. The molecule has 0 spiro atoms. The first-order valence-electron chi connectivity index (χ1n) is 6.77. The lowest BCUT2D eigenvalue weighted by Crippen LogP contribution is -2.38. The van der Waals surface area contributed by atoms with Crippen LogP contribution in [0.4, 0.5) is 5.69 Å². The molecule has 1 aromatic heterocycles. The maximum absolute atomic E-state index is 12.1. The summed E-state index contributed by atoms with van der Waals surface area (Å²) in [4.78, 5) is 13.9. The summed E-state index contributed by atoms with van der Waals surface area (Å²) in [5.74, 6) is 0.820. The largest absolute Gasteiger partial charge is 0.398 e. The van der Waals surface area contributed by atoms with Crippen LogP contribution in [0.15, 0.2) is 6.07 Å². The normalized spacial score (nSPS) is 23.9. The molecule has 1 fully saturated rings. The minimum Gasteiger partial charge on any atom is -0.398 e. The average Bonchev–Trinajstić information content (AvgIpc) is 2.70. The highest BCUT2D eigenvalue weighted by molar-refractivity contribution is 7.14. The highest BCUT2D eigenvalue weighted by Gasteiger charge is 2.23. The highest BCUT2D eigenvalue weighted by atomic mass is 32.1. The van der Waals surface area contributed by atoms with E-state index < -0.39 is 0 Å². The molecule has 1 heterocycles. The number of rotatable bonds is 3. The van der Waals surface area contributed by atoms with Crippen molar-refractivity contribution in [2.75, 3.05) is 5.73 Å². The molecular formula is C14H22N2OS. The maximum atomic E-state index is 12.1. The monoisotopic (exact) mass is 266 g/mol. The second kappa shape index (κ2) is 5.74. The Balaban J connectivity index is 1.94. The summed E-state index contributed by atoms with van der Waals surface area (Å²) in [5.41, 5.74) is 6.51. The fraction of sp³-hybridized carbons (Fsp3) is 0.643. The lowest BCUT2D eigenvalue weighted by molar-refractivity contribution is 0.0923. The van der Waals surface area contributed by atoms with Crippen molar-refractivity contribution in [3.8, 4) is 0 Å². The van der Waals surface area contributed by atoms with Gasteiger partial charge < -0.3 is 11.1 Å². The molecule has 100 valence electrons. The Bertz CT molecular complexity index is 408. The third-order valence-electron chi connectivity index (χ3n) is 3.88. The average molecular weight is 266 g/mol. The molecule has 1 aliphatic rings. The van der Waals surface area contributed by atoms with Crippen LogP contribution >= 0.6 is 11.3 Å². The number of carbonyl (C=O) groups excluding carboxylic acids is 1. The number of carbonyl (C=O) groups is 1. The second-order valence-corrected chi connectivity index (χ2v) is 6.49. The number of hydrogen-bond donors (Lipinski definition) is 2. The number of anilines is 1. The fourth-order valence-corrected chi connectivity index (χ4v) is 3.50. The van der Waals surface area contributed by atoms with Crippen LogP contribution in [0.25, 0.3) is 0 Å². The van der Waals surface area contributed by atoms with Crippen LogP contribution < -0.4 is 11.1 Å². The van der Waals surface area contributed by atoms with E-state index in [1.807, 2.05) is 6.92 Å². The smallest absolute Gasteiger partial charge is 0.261 e. The standard InChI is InChI=1S/C14H22N2OS/c1-3-10-5-4-6-11(7-10)16-14(17)13-8-12(15)9(2)18-13/h8,10-11H,3-7,15H2,1-2H3,(H,16,17). The molecule has 2 rings (SSSR count). The van der Waals surface area contributed by atoms with Crippen LogP contribution in [-0.2, 0) is 0 Å². The Hall–Kier alpha value is -1.03. The number of aryl methyl sites for hydroxylation is 1. The molecule has 0 bridgehead atoms. The summed E-state index contributed by atoms with van der Waals surface area (Å²) in [6, 6.07) is 2.13. The van der Waals surface area contributed by atoms with E-state index in [0.717, 1.165) is 34.2 Å². The minimum absolute atomic E-state index is 0.0431. The third-order valence-corrected chi connectivity index (χ3v) is 4.94. The third kappa shape index (κ3) is 3.05. The molecule has 0 radical (unpaired) electrons. The molecule has 0 aromatic carbocycles. The lowest BCUT2D eigenvalue weighted by atomic mass is 9.84. The van der Waals surface area contributed by atoms with Gasteiger partial charge >= 0.3 is 0 Å². The van der Waals surface area contributed by atoms with Crippen LogP contribution in [0.2, 0.25) is 0 Å². The van der Waals surface area contributed by atoms with Gasteiger partial charge in [0.1, 0.15) is 0 Å². The predicted octanol–water partition coefficient (Wildman–Crippen LogP) is 3.34. The first-order chi connectivity index (χ1) is 8.60. The maximum Gasteiger partial charge on any atom is 0.261 e. The number of amides is 1. The van der Waals surface area contributed by atoms with Gasteiger partial charge in [0.2, 0.25) is 0 Å². The van der Waals surface area contributed by atoms with Gasteiger partial charge in [-0.2, -0.15) is 0 Å². The van der Waals surface area contributed by atoms with Crippen molar-refractivity contribution in [3.05, 3.63) is 15.8 Å². The molecule has 1 saturated carbocycles. The van der Waals surface area contributed by atoms with Gasteiger partial charge in [-0.1, -0.05) is 26.2 Å². The van der Waals surface area contributed by atoms with Crippen LogP contribution in [0, 0.1) is 12.8 Å². The predicted molar refractivity (Wildman–Crippen MR) is 77.0 cm³/mol. The fourth-order valence-electron chi connectivity index (χ4n) is 2.66. The molecule has 2 unspecified atom stereocenters. The van der Waals surface area contributed by atoms with Crippen molar-refractivity contribution in [2.45, 2.75) is 52.0 Å². The van der Waals surface area contributed by atoms with E-state index >= 15 is 0 Å². The van der Waals surface area contributed by atoms with Crippen LogP contribution in [0.5, 0.6) is 0 Å². The quantitative estimate of drug-likeness (QED) is 0.881. The molecule has 1 amide bonds.